The average molecular weight is 769 g/mol. The van der Waals surface area contributed by atoms with Gasteiger partial charge in [0.05, 0.1) is 12.3 Å². The molecule has 0 spiro atoms. The maximum Gasteiger partial charge on any atom is 0.256 e. The van der Waals surface area contributed by atoms with E-state index in [0.717, 1.165) is 79.9 Å². The van der Waals surface area contributed by atoms with E-state index in [9.17, 15) is 9.59 Å². The summed E-state index contributed by atoms with van der Waals surface area (Å²) in [5.41, 5.74) is 4.63. The number of rotatable bonds is 9. The molecule has 2 aliphatic heterocycles. The SMILES string of the molecule is CCCN(CC(I)I)C(=O)c1cc(C)cc(C)c1NC[C@@H]1CCCN(C(=O)C2=CN=CC(Br)C2)C1. The van der Waals surface area contributed by atoms with Gasteiger partial charge in [-0.05, 0) is 62.6 Å². The highest BCUT2D eigenvalue weighted by Gasteiger charge is 2.28. The van der Waals surface area contributed by atoms with Crippen molar-refractivity contribution in [2.24, 2.45) is 10.9 Å². The molecule has 1 fully saturated rings. The number of likely N-dealkylation sites (tertiary alicyclic amines) is 1. The Kier molecular flexibility index (Phi) is 11.3. The van der Waals surface area contributed by atoms with Crippen LogP contribution in [0, 0.1) is 19.8 Å². The van der Waals surface area contributed by atoms with Crippen LogP contribution in [0.5, 0.6) is 0 Å². The molecule has 192 valence electrons. The molecule has 0 bridgehead atoms. The zero-order chi connectivity index (χ0) is 25.5. The topological polar surface area (TPSA) is 65.0 Å². The lowest BCUT2D eigenvalue weighted by molar-refractivity contribution is -0.129. The van der Waals surface area contributed by atoms with Gasteiger partial charge in [-0.2, -0.15) is 0 Å². The van der Waals surface area contributed by atoms with Crippen LogP contribution in [-0.2, 0) is 4.79 Å². The summed E-state index contributed by atoms with van der Waals surface area (Å²) in [6.07, 6.45) is 7.19. The molecule has 0 aromatic heterocycles. The smallest absolute Gasteiger partial charge is 0.256 e. The Morgan fingerprint density at radius 2 is 2.09 bits per heavy atom. The van der Waals surface area contributed by atoms with E-state index in [1.807, 2.05) is 29.0 Å². The summed E-state index contributed by atoms with van der Waals surface area (Å²) < 4.78 is 0.360. The summed E-state index contributed by atoms with van der Waals surface area (Å²) in [7, 11) is 0. The van der Waals surface area contributed by atoms with Gasteiger partial charge in [-0.15, -0.1) is 0 Å². The van der Waals surface area contributed by atoms with Crippen LogP contribution in [0.15, 0.2) is 28.9 Å². The van der Waals surface area contributed by atoms with Crippen LogP contribution in [0.1, 0.15) is 54.1 Å². The monoisotopic (exact) mass is 768 g/mol. The number of piperidine rings is 1. The summed E-state index contributed by atoms with van der Waals surface area (Å²) in [5.74, 6) is 0.526. The third-order valence-corrected chi connectivity index (χ3v) is 7.74. The van der Waals surface area contributed by atoms with Gasteiger partial charge in [0.1, 0.15) is 0 Å². The molecule has 1 N–H and O–H groups in total. The van der Waals surface area contributed by atoms with E-state index in [1.165, 1.54) is 0 Å². The Morgan fingerprint density at radius 3 is 2.77 bits per heavy atom. The molecular weight excluding hydrogens is 734 g/mol. The minimum atomic E-state index is 0.0917. The number of aliphatic imine (C=N–C) groups is 1. The van der Waals surface area contributed by atoms with Gasteiger partial charge in [0.25, 0.3) is 11.8 Å². The first-order valence-electron chi connectivity index (χ1n) is 12.3. The molecule has 2 amide bonds. The fourth-order valence-corrected chi connectivity index (χ4v) is 6.24. The first-order valence-corrected chi connectivity index (χ1v) is 15.7. The summed E-state index contributed by atoms with van der Waals surface area (Å²) in [4.78, 5) is 34.9. The van der Waals surface area contributed by atoms with E-state index in [4.69, 9.17) is 0 Å². The fourth-order valence-electron chi connectivity index (χ4n) is 4.80. The van der Waals surface area contributed by atoms with Crippen LogP contribution in [0.3, 0.4) is 0 Å². The van der Waals surface area contributed by atoms with Crippen molar-refractivity contribution in [3.8, 4) is 0 Å². The van der Waals surface area contributed by atoms with Gasteiger partial charge < -0.3 is 15.1 Å². The van der Waals surface area contributed by atoms with Crippen molar-refractivity contribution in [2.45, 2.75) is 53.2 Å². The van der Waals surface area contributed by atoms with Crippen molar-refractivity contribution in [3.63, 3.8) is 0 Å². The molecule has 2 atom stereocenters. The zero-order valence-electron chi connectivity index (χ0n) is 20.7. The van der Waals surface area contributed by atoms with Crippen LogP contribution in [-0.4, -0.2) is 67.3 Å². The predicted molar refractivity (Wildman–Crippen MR) is 166 cm³/mol. The van der Waals surface area contributed by atoms with Crippen LogP contribution >= 0.6 is 61.1 Å². The lowest BCUT2D eigenvalue weighted by Gasteiger charge is -2.34. The Hall–Kier alpha value is -0.690. The molecule has 6 nitrogen and oxygen atoms in total. The quantitative estimate of drug-likeness (QED) is 0.243. The third-order valence-electron chi connectivity index (χ3n) is 6.39. The maximum absolute atomic E-state index is 13.6. The molecule has 9 heteroatoms. The average Bonchev–Trinajstić information content (AvgIpc) is 2.81. The Bertz CT molecular complexity index is 982. The molecule has 0 saturated carbocycles. The number of nitrogens with one attached hydrogen (secondary N) is 1. The number of hydrogen-bond donors (Lipinski definition) is 1. The summed E-state index contributed by atoms with van der Waals surface area (Å²) in [6, 6.07) is 4.14. The Morgan fingerprint density at radius 1 is 1.31 bits per heavy atom. The first kappa shape index (κ1) is 28.9. The summed E-state index contributed by atoms with van der Waals surface area (Å²) >= 11 is 8.29. The van der Waals surface area contributed by atoms with E-state index < -0.39 is 0 Å². The number of amides is 2. The van der Waals surface area contributed by atoms with Crippen molar-refractivity contribution in [1.29, 1.82) is 0 Å². The minimum absolute atomic E-state index is 0.0917. The maximum atomic E-state index is 13.6. The van der Waals surface area contributed by atoms with Gasteiger partial charge >= 0.3 is 0 Å². The van der Waals surface area contributed by atoms with Crippen molar-refractivity contribution < 1.29 is 9.59 Å². The third kappa shape index (κ3) is 8.15. The molecule has 1 saturated heterocycles. The van der Waals surface area contributed by atoms with Gasteiger partial charge in [0, 0.05) is 56.4 Å². The molecular formula is C26H35BrI2N4O2. The lowest BCUT2D eigenvalue weighted by atomic mass is 9.96. The van der Waals surface area contributed by atoms with Crippen LogP contribution < -0.4 is 5.32 Å². The highest BCUT2D eigenvalue weighted by molar-refractivity contribution is 14.2. The number of halogens is 3. The highest BCUT2D eigenvalue weighted by atomic mass is 127. The number of anilines is 1. The van der Waals surface area contributed by atoms with Crippen molar-refractivity contribution in [2.75, 3.05) is 38.0 Å². The van der Waals surface area contributed by atoms with Crippen molar-refractivity contribution in [1.82, 2.24) is 9.80 Å². The second-order valence-corrected chi connectivity index (χ2v) is 16.0. The van der Waals surface area contributed by atoms with Gasteiger partial charge in [0.2, 0.25) is 0 Å². The number of carbonyl (C=O) groups excluding carboxylic acids is 2. The molecule has 1 aromatic rings. The fraction of sp³-hybridized carbons (Fsp3) is 0.577. The second-order valence-electron chi connectivity index (χ2n) is 9.46. The van der Waals surface area contributed by atoms with Gasteiger partial charge in [0.15, 0.2) is 0 Å². The predicted octanol–water partition coefficient (Wildman–Crippen LogP) is 6.12. The highest BCUT2D eigenvalue weighted by Crippen LogP contribution is 2.28. The molecule has 2 aliphatic rings. The minimum Gasteiger partial charge on any atom is -0.384 e. The van der Waals surface area contributed by atoms with Crippen LogP contribution in [0.2, 0.25) is 0 Å². The van der Waals surface area contributed by atoms with Crippen LogP contribution in [0.4, 0.5) is 5.69 Å². The van der Waals surface area contributed by atoms with Gasteiger partial charge in [-0.1, -0.05) is 74.1 Å². The molecule has 0 radical (unpaired) electrons. The number of alkyl halides is 3. The number of hydrogen-bond acceptors (Lipinski definition) is 4. The molecule has 0 aliphatic carbocycles. The van der Waals surface area contributed by atoms with E-state index >= 15 is 0 Å². The van der Waals surface area contributed by atoms with E-state index in [0.29, 0.717) is 14.3 Å². The number of benzene rings is 1. The Labute approximate surface area is 245 Å². The molecule has 1 unspecified atom stereocenters. The molecule has 3 rings (SSSR count). The standard InChI is InChI=1S/C26H35BrI2N4O2/c1-4-7-32(16-23(28)29)26(35)22-10-17(2)9-18(3)24(22)31-12-19-6-5-8-33(15-19)25(34)20-11-21(27)14-30-13-20/h9-10,13-14,19,21,23,31H,4-8,11-12,15-16H2,1-3H3/t19-,21?/m0/s1. The van der Waals surface area contributed by atoms with Crippen LogP contribution in [0.25, 0.3) is 0 Å². The van der Waals surface area contributed by atoms with E-state index in [-0.39, 0.29) is 16.6 Å². The summed E-state index contributed by atoms with van der Waals surface area (Å²) in [6.45, 7) is 9.96. The molecule has 1 aromatic carbocycles. The molecule has 35 heavy (non-hydrogen) atoms. The van der Waals surface area contributed by atoms with Gasteiger partial charge in [-0.3, -0.25) is 14.6 Å². The molecule has 2 heterocycles. The summed E-state index contributed by atoms with van der Waals surface area (Å²) in [5, 5.41) is 3.62. The van der Waals surface area contributed by atoms with Crippen molar-refractivity contribution in [3.05, 3.63) is 40.6 Å². The zero-order valence-corrected chi connectivity index (χ0v) is 26.6. The number of carbonyl (C=O) groups is 2. The van der Waals surface area contributed by atoms with E-state index in [2.05, 4.69) is 91.3 Å². The van der Waals surface area contributed by atoms with Crippen molar-refractivity contribution >= 4 is 84.8 Å². The normalized spacial score (nSPS) is 20.1. The number of nitrogens with zero attached hydrogens (tertiary/aromatic N) is 3. The number of aryl methyl sites for hydroxylation is 2. The Balaban J connectivity index is 1.72. The van der Waals surface area contributed by atoms with Gasteiger partial charge in [-0.25, -0.2) is 0 Å². The van der Waals surface area contributed by atoms with E-state index in [1.54, 1.807) is 6.20 Å². The first-order chi connectivity index (χ1) is 16.7. The lowest BCUT2D eigenvalue weighted by Crippen LogP contribution is -2.43. The largest absolute Gasteiger partial charge is 0.384 e. The second kappa shape index (κ2) is 13.7.